The monoisotopic (exact) mass is 487 g/mol. The third-order valence-electron chi connectivity index (χ3n) is 6.01. The van der Waals surface area contributed by atoms with Crippen LogP contribution in [0.4, 0.5) is 10.1 Å². The molecule has 34 heavy (non-hydrogen) atoms. The molecular weight excluding hydrogens is 457 g/mol. The van der Waals surface area contributed by atoms with E-state index in [-0.39, 0.29) is 35.8 Å². The van der Waals surface area contributed by atoms with Crippen molar-refractivity contribution in [1.29, 1.82) is 0 Å². The number of aliphatic imine (C=N–C) groups is 1. The van der Waals surface area contributed by atoms with Gasteiger partial charge in [-0.05, 0) is 38.5 Å². The van der Waals surface area contributed by atoms with Crippen molar-refractivity contribution >= 4 is 28.5 Å². The zero-order valence-corrected chi connectivity index (χ0v) is 19.5. The van der Waals surface area contributed by atoms with Crippen molar-refractivity contribution in [2.24, 2.45) is 16.6 Å². The molecule has 10 heteroatoms. The molecule has 4 atom stereocenters. The number of methoxy groups -OCH3 is 1. The summed E-state index contributed by atoms with van der Waals surface area (Å²) in [5, 5.41) is 3.16. The highest BCUT2D eigenvalue weighted by molar-refractivity contribution is 8.15. The summed E-state index contributed by atoms with van der Waals surface area (Å²) in [6, 6.07) is 4.42. The molecule has 2 aliphatic rings. The molecule has 1 fully saturated rings. The first-order chi connectivity index (χ1) is 15.7. The molecule has 0 bridgehead atoms. The van der Waals surface area contributed by atoms with Crippen LogP contribution in [0, 0.1) is 11.7 Å². The van der Waals surface area contributed by atoms with Crippen LogP contribution in [-0.2, 0) is 10.3 Å². The molecular formula is C24H30FN5O3S. The highest BCUT2D eigenvalue weighted by Crippen LogP contribution is 2.66. The van der Waals surface area contributed by atoms with Gasteiger partial charge < -0.3 is 20.5 Å². The van der Waals surface area contributed by atoms with Crippen LogP contribution in [0.3, 0.4) is 0 Å². The van der Waals surface area contributed by atoms with E-state index in [0.717, 1.165) is 6.42 Å². The SMILES string of the molecule is C.C=C[C@@H](C)Oc1cnc(C(=O)Nc2ccc(F)c([C@@]3(C)N=C(N)S[C@@]4(COC)C[C@H]43)c2)cn1. The number of aromatic nitrogens is 2. The number of rotatable bonds is 8. The van der Waals surface area contributed by atoms with Crippen LogP contribution in [0.1, 0.15) is 43.7 Å². The van der Waals surface area contributed by atoms with Gasteiger partial charge in [-0.25, -0.2) is 14.4 Å². The molecule has 2 aromatic rings. The zero-order valence-electron chi connectivity index (χ0n) is 18.7. The van der Waals surface area contributed by atoms with Gasteiger partial charge in [0, 0.05) is 24.3 Å². The molecule has 1 saturated carbocycles. The van der Waals surface area contributed by atoms with Gasteiger partial charge in [0.1, 0.15) is 17.6 Å². The number of hydrogen-bond acceptors (Lipinski definition) is 8. The molecule has 1 aromatic heterocycles. The molecule has 1 aliphatic heterocycles. The average molecular weight is 488 g/mol. The quantitative estimate of drug-likeness (QED) is 0.538. The number of nitrogens with two attached hydrogens (primary N) is 1. The van der Waals surface area contributed by atoms with E-state index < -0.39 is 17.3 Å². The number of fused-ring (bicyclic) bond motifs is 1. The first kappa shape index (κ1) is 25.6. The number of carbonyl (C=O) groups excluding carboxylic acids is 1. The number of hydrogen-bond donors (Lipinski definition) is 2. The Morgan fingerprint density at radius 2 is 2.21 bits per heavy atom. The largest absolute Gasteiger partial charge is 0.469 e. The van der Waals surface area contributed by atoms with E-state index in [4.69, 9.17) is 15.2 Å². The summed E-state index contributed by atoms with van der Waals surface area (Å²) in [5.41, 5.74) is 6.15. The van der Waals surface area contributed by atoms with E-state index in [2.05, 4.69) is 26.9 Å². The smallest absolute Gasteiger partial charge is 0.275 e. The molecule has 1 aromatic carbocycles. The summed E-state index contributed by atoms with van der Waals surface area (Å²) in [4.78, 5) is 25.5. The van der Waals surface area contributed by atoms with Crippen molar-refractivity contribution in [3.8, 4) is 5.88 Å². The van der Waals surface area contributed by atoms with Gasteiger partial charge >= 0.3 is 0 Å². The van der Waals surface area contributed by atoms with Gasteiger partial charge in [0.2, 0.25) is 5.88 Å². The fraction of sp³-hybridized carbons (Fsp3) is 0.417. The summed E-state index contributed by atoms with van der Waals surface area (Å²) in [6.45, 7) is 7.84. The summed E-state index contributed by atoms with van der Waals surface area (Å²) < 4.78 is 25.6. The highest BCUT2D eigenvalue weighted by Gasteiger charge is 2.66. The number of amides is 1. The van der Waals surface area contributed by atoms with Crippen LogP contribution in [-0.4, -0.2) is 45.6 Å². The van der Waals surface area contributed by atoms with Crippen LogP contribution in [0.5, 0.6) is 5.88 Å². The molecule has 0 unspecified atom stereocenters. The predicted octanol–water partition coefficient (Wildman–Crippen LogP) is 4.14. The minimum atomic E-state index is -0.862. The number of thioether (sulfide) groups is 1. The third kappa shape index (κ3) is 4.78. The Morgan fingerprint density at radius 3 is 2.85 bits per heavy atom. The number of carbonyl (C=O) groups is 1. The second-order valence-electron chi connectivity index (χ2n) is 8.40. The van der Waals surface area contributed by atoms with Gasteiger partial charge in [0.15, 0.2) is 5.17 Å². The average Bonchev–Trinajstić information content (AvgIpc) is 3.50. The van der Waals surface area contributed by atoms with E-state index in [1.54, 1.807) is 19.3 Å². The standard InChI is InChI=1S/C23H26FN5O3S.CH4/c1-5-13(2)32-19-11-26-17(10-27-19)20(30)28-14-6-7-16(24)15(8-14)22(3)18-9-23(18,12-31-4)33-21(25)29-22;/h5-8,10-11,13,18H,1,9,12H2,2-4H3,(H2,25,29)(H,28,30);1H4/t13-,18+,22-,23-;/m1./s1. The van der Waals surface area contributed by atoms with Crippen molar-refractivity contribution < 1.29 is 18.7 Å². The van der Waals surface area contributed by atoms with Crippen LogP contribution in [0.15, 0.2) is 48.2 Å². The molecule has 0 radical (unpaired) electrons. The molecule has 3 N–H and O–H groups in total. The number of benzene rings is 1. The van der Waals surface area contributed by atoms with Crippen LogP contribution < -0.4 is 15.8 Å². The molecule has 1 aliphatic carbocycles. The molecule has 2 heterocycles. The Kier molecular flexibility index (Phi) is 7.32. The fourth-order valence-corrected chi connectivity index (χ4v) is 5.70. The Hall–Kier alpha value is -2.98. The van der Waals surface area contributed by atoms with Gasteiger partial charge in [0.05, 0.1) is 29.3 Å². The van der Waals surface area contributed by atoms with Crippen molar-refractivity contribution in [1.82, 2.24) is 9.97 Å². The van der Waals surface area contributed by atoms with Gasteiger partial charge in [-0.1, -0.05) is 31.8 Å². The second kappa shape index (κ2) is 9.71. The van der Waals surface area contributed by atoms with Crippen LogP contribution >= 0.6 is 11.8 Å². The summed E-state index contributed by atoms with van der Waals surface area (Å²) in [5.74, 6) is -0.532. The number of anilines is 1. The number of halogens is 1. The Balaban J connectivity index is 0.00000324. The van der Waals surface area contributed by atoms with E-state index >= 15 is 0 Å². The molecule has 0 spiro atoms. The Morgan fingerprint density at radius 1 is 1.44 bits per heavy atom. The third-order valence-corrected chi connectivity index (χ3v) is 7.29. The normalized spacial score (nSPS) is 25.8. The molecule has 8 nitrogen and oxygen atoms in total. The maximum atomic E-state index is 15.0. The highest BCUT2D eigenvalue weighted by atomic mass is 32.2. The molecule has 1 amide bonds. The Bertz CT molecular complexity index is 1110. The lowest BCUT2D eigenvalue weighted by Gasteiger charge is -2.34. The molecule has 182 valence electrons. The van der Waals surface area contributed by atoms with Crippen molar-refractivity contribution in [3.05, 3.63) is 60.3 Å². The maximum absolute atomic E-state index is 15.0. The van der Waals surface area contributed by atoms with Crippen molar-refractivity contribution in [2.75, 3.05) is 19.0 Å². The molecule has 0 saturated heterocycles. The van der Waals surface area contributed by atoms with Gasteiger partial charge in [0.25, 0.3) is 5.91 Å². The minimum absolute atomic E-state index is 0. The Labute approximate surface area is 203 Å². The number of nitrogens with zero attached hydrogens (tertiary/aromatic N) is 3. The van der Waals surface area contributed by atoms with Gasteiger partial charge in [-0.15, -0.1) is 0 Å². The number of ether oxygens (including phenoxy) is 2. The lowest BCUT2D eigenvalue weighted by atomic mass is 9.85. The maximum Gasteiger partial charge on any atom is 0.275 e. The van der Waals surface area contributed by atoms with E-state index in [1.807, 2.05) is 13.8 Å². The van der Waals surface area contributed by atoms with Crippen LogP contribution in [0.2, 0.25) is 0 Å². The van der Waals surface area contributed by atoms with E-state index in [1.165, 1.54) is 36.3 Å². The zero-order chi connectivity index (χ0) is 23.8. The lowest BCUT2D eigenvalue weighted by Crippen LogP contribution is -2.37. The number of amidine groups is 1. The summed E-state index contributed by atoms with van der Waals surface area (Å²) in [6.07, 6.45) is 4.89. The lowest BCUT2D eigenvalue weighted by molar-refractivity contribution is 0.102. The van der Waals surface area contributed by atoms with E-state index in [0.29, 0.717) is 23.0 Å². The predicted molar refractivity (Wildman–Crippen MR) is 133 cm³/mol. The van der Waals surface area contributed by atoms with Crippen LogP contribution in [0.25, 0.3) is 0 Å². The number of nitrogens with one attached hydrogen (secondary N) is 1. The van der Waals surface area contributed by atoms with Crippen molar-refractivity contribution in [3.63, 3.8) is 0 Å². The summed E-state index contributed by atoms with van der Waals surface area (Å²) in [7, 11) is 1.64. The fourth-order valence-electron chi connectivity index (χ4n) is 4.25. The minimum Gasteiger partial charge on any atom is -0.469 e. The first-order valence-corrected chi connectivity index (χ1v) is 11.3. The van der Waals surface area contributed by atoms with E-state index in [9.17, 15) is 9.18 Å². The second-order valence-corrected chi connectivity index (χ2v) is 9.84. The van der Waals surface area contributed by atoms with Gasteiger partial charge in [-0.2, -0.15) is 0 Å². The van der Waals surface area contributed by atoms with Crippen molar-refractivity contribution in [2.45, 2.75) is 44.1 Å². The molecule has 4 rings (SSSR count). The summed E-state index contributed by atoms with van der Waals surface area (Å²) >= 11 is 1.49. The topological polar surface area (TPSA) is 112 Å². The first-order valence-electron chi connectivity index (χ1n) is 10.5. The van der Waals surface area contributed by atoms with Gasteiger partial charge in [-0.3, -0.25) is 9.79 Å².